The molecule has 0 aliphatic rings. The van der Waals surface area contributed by atoms with Crippen LogP contribution in [0.15, 0.2) is 36.4 Å². The van der Waals surface area contributed by atoms with E-state index < -0.39 is 0 Å². The molecular weight excluding hydrogens is 210 g/mol. The van der Waals surface area contributed by atoms with Crippen LogP contribution in [0.25, 0.3) is 6.08 Å². The average Bonchev–Trinajstić information content (AvgIpc) is 2.34. The largest absolute Gasteiger partial charge is 0.373 e. The Kier molecular flexibility index (Phi) is 6.60. The lowest BCUT2D eigenvalue weighted by Crippen LogP contribution is -2.31. The first-order valence-corrected chi connectivity index (χ1v) is 6.22. The maximum Gasteiger partial charge on any atom is 0.0726 e. The second-order valence-electron chi connectivity index (χ2n) is 4.49. The molecule has 94 valence electrons. The molecule has 2 nitrogen and oxygen atoms in total. The van der Waals surface area contributed by atoms with E-state index in [4.69, 9.17) is 4.74 Å². The van der Waals surface area contributed by atoms with Crippen molar-refractivity contribution >= 4 is 6.08 Å². The summed E-state index contributed by atoms with van der Waals surface area (Å²) in [5, 5.41) is 3.16. The molecule has 0 radical (unpaired) electrons. The molecule has 0 fully saturated rings. The molecular formula is C15H23NO. The van der Waals surface area contributed by atoms with Crippen LogP contribution in [-0.4, -0.2) is 26.3 Å². The van der Waals surface area contributed by atoms with Gasteiger partial charge in [0.05, 0.1) is 12.7 Å². The zero-order valence-corrected chi connectivity index (χ0v) is 11.0. The van der Waals surface area contributed by atoms with E-state index in [1.807, 2.05) is 25.2 Å². The number of benzene rings is 1. The van der Waals surface area contributed by atoms with Crippen molar-refractivity contribution in [1.29, 1.82) is 0 Å². The molecule has 17 heavy (non-hydrogen) atoms. The Balaban J connectivity index is 2.33. The predicted octanol–water partition coefficient (Wildman–Crippen LogP) is 2.96. The van der Waals surface area contributed by atoms with Gasteiger partial charge in [0.1, 0.15) is 0 Å². The molecule has 0 saturated carbocycles. The fraction of sp³-hybridized carbons (Fsp3) is 0.467. The summed E-state index contributed by atoms with van der Waals surface area (Å²) in [5.41, 5.74) is 1.21. The zero-order chi connectivity index (χ0) is 12.5. The maximum absolute atomic E-state index is 5.82. The highest BCUT2D eigenvalue weighted by Crippen LogP contribution is 2.06. The van der Waals surface area contributed by atoms with Gasteiger partial charge in [-0.1, -0.05) is 56.3 Å². The van der Waals surface area contributed by atoms with E-state index in [0.29, 0.717) is 12.5 Å². The summed E-state index contributed by atoms with van der Waals surface area (Å²) < 4.78 is 5.82. The first kappa shape index (κ1) is 13.9. The predicted molar refractivity (Wildman–Crippen MR) is 74.0 cm³/mol. The third-order valence-corrected chi connectivity index (χ3v) is 2.67. The van der Waals surface area contributed by atoms with Crippen LogP contribution in [0.5, 0.6) is 0 Å². The van der Waals surface area contributed by atoms with Gasteiger partial charge in [0.25, 0.3) is 0 Å². The quantitative estimate of drug-likeness (QED) is 0.782. The summed E-state index contributed by atoms with van der Waals surface area (Å²) >= 11 is 0. The van der Waals surface area contributed by atoms with Crippen molar-refractivity contribution < 1.29 is 4.74 Å². The minimum absolute atomic E-state index is 0.278. The highest BCUT2D eigenvalue weighted by Gasteiger charge is 2.11. The molecule has 1 aromatic carbocycles. The lowest BCUT2D eigenvalue weighted by molar-refractivity contribution is 0.0423. The summed E-state index contributed by atoms with van der Waals surface area (Å²) in [6.45, 7) is 5.93. The Morgan fingerprint density at radius 2 is 1.94 bits per heavy atom. The number of likely N-dealkylation sites (N-methyl/N-ethyl adjacent to an activating group) is 1. The second kappa shape index (κ2) is 8.04. The van der Waals surface area contributed by atoms with Crippen molar-refractivity contribution in [2.45, 2.75) is 20.0 Å². The minimum atomic E-state index is 0.278. The van der Waals surface area contributed by atoms with Gasteiger partial charge in [-0.3, -0.25) is 0 Å². The Hall–Kier alpha value is -1.12. The van der Waals surface area contributed by atoms with Crippen LogP contribution in [0.1, 0.15) is 19.4 Å². The van der Waals surface area contributed by atoms with Crippen molar-refractivity contribution in [1.82, 2.24) is 5.32 Å². The fourth-order valence-corrected chi connectivity index (χ4v) is 1.62. The van der Waals surface area contributed by atoms with Crippen molar-refractivity contribution in [2.75, 3.05) is 20.2 Å². The van der Waals surface area contributed by atoms with Crippen LogP contribution in [0.3, 0.4) is 0 Å². The molecule has 1 atom stereocenters. The molecule has 0 amide bonds. The van der Waals surface area contributed by atoms with Gasteiger partial charge < -0.3 is 10.1 Å². The van der Waals surface area contributed by atoms with Gasteiger partial charge in [-0.2, -0.15) is 0 Å². The number of rotatable bonds is 7. The number of ether oxygens (including phenoxy) is 1. The van der Waals surface area contributed by atoms with Crippen LogP contribution in [-0.2, 0) is 4.74 Å². The first-order chi connectivity index (χ1) is 8.24. The molecule has 1 aromatic rings. The van der Waals surface area contributed by atoms with Crippen LogP contribution in [0, 0.1) is 5.92 Å². The highest BCUT2D eigenvalue weighted by molar-refractivity contribution is 5.48. The van der Waals surface area contributed by atoms with Crippen LogP contribution >= 0.6 is 0 Å². The molecule has 1 unspecified atom stereocenters. The molecule has 0 aliphatic carbocycles. The lowest BCUT2D eigenvalue weighted by Gasteiger charge is -2.20. The smallest absolute Gasteiger partial charge is 0.0726 e. The van der Waals surface area contributed by atoms with Gasteiger partial charge in [-0.25, -0.2) is 0 Å². The van der Waals surface area contributed by atoms with Gasteiger partial charge in [0.15, 0.2) is 0 Å². The number of hydrogen-bond acceptors (Lipinski definition) is 2. The monoisotopic (exact) mass is 233 g/mol. The third-order valence-electron chi connectivity index (χ3n) is 2.67. The summed E-state index contributed by atoms with van der Waals surface area (Å²) in [4.78, 5) is 0. The lowest BCUT2D eigenvalue weighted by atomic mass is 10.1. The minimum Gasteiger partial charge on any atom is -0.373 e. The van der Waals surface area contributed by atoms with E-state index >= 15 is 0 Å². The zero-order valence-electron chi connectivity index (χ0n) is 11.0. The van der Waals surface area contributed by atoms with E-state index in [1.54, 1.807) is 0 Å². The van der Waals surface area contributed by atoms with Crippen molar-refractivity contribution in [3.8, 4) is 0 Å². The fourth-order valence-electron chi connectivity index (χ4n) is 1.62. The Labute approximate surface area is 105 Å². The molecule has 0 aromatic heterocycles. The van der Waals surface area contributed by atoms with Gasteiger partial charge in [-0.05, 0) is 18.5 Å². The second-order valence-corrected chi connectivity index (χ2v) is 4.49. The molecule has 0 aliphatic heterocycles. The SMILES string of the molecule is CNCC(OCC=Cc1ccccc1)C(C)C. The van der Waals surface area contributed by atoms with Crippen molar-refractivity contribution in [3.63, 3.8) is 0 Å². The summed E-state index contributed by atoms with van der Waals surface area (Å²) in [6.07, 6.45) is 4.44. The van der Waals surface area contributed by atoms with Gasteiger partial charge >= 0.3 is 0 Å². The van der Waals surface area contributed by atoms with Crippen LogP contribution in [0.2, 0.25) is 0 Å². The molecule has 0 bridgehead atoms. The van der Waals surface area contributed by atoms with E-state index in [2.05, 4.69) is 43.4 Å². The average molecular weight is 233 g/mol. The van der Waals surface area contributed by atoms with E-state index in [-0.39, 0.29) is 6.10 Å². The molecule has 2 heteroatoms. The molecule has 0 spiro atoms. The highest BCUT2D eigenvalue weighted by atomic mass is 16.5. The summed E-state index contributed by atoms with van der Waals surface area (Å²) in [5.74, 6) is 0.535. The molecule has 0 saturated heterocycles. The Bertz CT molecular complexity index is 319. The topological polar surface area (TPSA) is 21.3 Å². The van der Waals surface area contributed by atoms with E-state index in [1.165, 1.54) is 5.56 Å². The molecule has 1 rings (SSSR count). The van der Waals surface area contributed by atoms with Crippen molar-refractivity contribution in [2.24, 2.45) is 5.92 Å². The van der Waals surface area contributed by atoms with Crippen molar-refractivity contribution in [3.05, 3.63) is 42.0 Å². The Morgan fingerprint density at radius 1 is 1.24 bits per heavy atom. The summed E-state index contributed by atoms with van der Waals surface area (Å²) in [6, 6.07) is 10.3. The maximum atomic E-state index is 5.82. The number of nitrogens with one attached hydrogen (secondary N) is 1. The van der Waals surface area contributed by atoms with Gasteiger partial charge in [0, 0.05) is 6.54 Å². The van der Waals surface area contributed by atoms with Gasteiger partial charge in [0.2, 0.25) is 0 Å². The normalized spacial score (nSPS) is 13.4. The van der Waals surface area contributed by atoms with Crippen LogP contribution < -0.4 is 5.32 Å². The van der Waals surface area contributed by atoms with E-state index in [0.717, 1.165) is 6.54 Å². The van der Waals surface area contributed by atoms with E-state index in [9.17, 15) is 0 Å². The van der Waals surface area contributed by atoms with Crippen LogP contribution in [0.4, 0.5) is 0 Å². The summed E-state index contributed by atoms with van der Waals surface area (Å²) in [7, 11) is 1.96. The number of hydrogen-bond donors (Lipinski definition) is 1. The van der Waals surface area contributed by atoms with Gasteiger partial charge in [-0.15, -0.1) is 0 Å². The molecule has 0 heterocycles. The third kappa shape index (κ3) is 5.66. The molecule has 1 N–H and O–H groups in total. The Morgan fingerprint density at radius 3 is 2.53 bits per heavy atom. The standard InChI is InChI=1S/C15H23NO/c1-13(2)15(12-16-3)17-11-7-10-14-8-5-4-6-9-14/h4-10,13,15-16H,11-12H2,1-3H3. The first-order valence-electron chi connectivity index (χ1n) is 6.22.